The summed E-state index contributed by atoms with van der Waals surface area (Å²) < 4.78 is 0.988. The van der Waals surface area contributed by atoms with Gasteiger partial charge in [0.05, 0.1) is 32.8 Å². The van der Waals surface area contributed by atoms with Crippen molar-refractivity contribution in [3.63, 3.8) is 0 Å². The molecule has 0 saturated heterocycles. The lowest BCUT2D eigenvalue weighted by Crippen LogP contribution is -2.29. The summed E-state index contributed by atoms with van der Waals surface area (Å²) in [4.78, 5) is 27.2. The van der Waals surface area contributed by atoms with Crippen LogP contribution in [0.2, 0.25) is 0 Å². The number of hydrogen-bond donors (Lipinski definition) is 3. The van der Waals surface area contributed by atoms with Gasteiger partial charge in [-0.15, -0.1) is 11.3 Å². The highest BCUT2D eigenvalue weighted by Crippen LogP contribution is 2.36. The maximum Gasteiger partial charge on any atom is 0.222 e. The molecule has 0 unspecified atom stereocenters. The van der Waals surface area contributed by atoms with Gasteiger partial charge in [-0.3, -0.25) is 9.89 Å². The number of rotatable bonds is 5. The number of nitrogens with one attached hydrogen (secondary N) is 2. The Bertz CT molecular complexity index is 1080. The van der Waals surface area contributed by atoms with E-state index in [9.17, 15) is 4.79 Å². The summed E-state index contributed by atoms with van der Waals surface area (Å²) in [5.41, 5.74) is 9.38. The molecular weight excluding hydrogens is 350 g/mol. The number of fused-ring (bicyclic) bond motifs is 3. The number of carbonyl (C=O) groups excluding carboxylic acids is 1. The van der Waals surface area contributed by atoms with Gasteiger partial charge in [-0.1, -0.05) is 6.92 Å². The molecule has 26 heavy (non-hydrogen) atoms. The lowest BCUT2D eigenvalue weighted by atomic mass is 10.3. The summed E-state index contributed by atoms with van der Waals surface area (Å²) in [5, 5.41) is 6.96. The van der Waals surface area contributed by atoms with Crippen LogP contribution in [0, 0.1) is 0 Å². The molecule has 0 aromatic carbocycles. The molecule has 0 aliphatic heterocycles. The van der Waals surface area contributed by atoms with Crippen molar-refractivity contribution in [3.05, 3.63) is 24.2 Å². The Hall–Kier alpha value is -2.94. The highest BCUT2D eigenvalue weighted by atomic mass is 32.1. The summed E-state index contributed by atoms with van der Waals surface area (Å²) >= 11 is 1.60. The first-order valence-electron chi connectivity index (χ1n) is 8.45. The third-order valence-corrected chi connectivity index (χ3v) is 5.49. The molecule has 4 N–H and O–H groups in total. The molecule has 1 amide bonds. The molecule has 4 rings (SSSR count). The maximum absolute atomic E-state index is 12.0. The molecule has 4 aromatic rings. The van der Waals surface area contributed by atoms with E-state index >= 15 is 0 Å². The van der Waals surface area contributed by atoms with Crippen LogP contribution in [0.1, 0.15) is 26.1 Å². The Morgan fingerprint density at radius 1 is 1.35 bits per heavy atom. The van der Waals surface area contributed by atoms with Crippen molar-refractivity contribution in [3.8, 4) is 10.6 Å². The van der Waals surface area contributed by atoms with Crippen LogP contribution in [-0.4, -0.2) is 42.5 Å². The highest BCUT2D eigenvalue weighted by Gasteiger charge is 2.18. The molecular formula is C17H19N7OS. The number of anilines is 1. The molecule has 9 heteroatoms. The molecule has 0 bridgehead atoms. The number of thiophene rings is 1. The van der Waals surface area contributed by atoms with Gasteiger partial charge in [0.1, 0.15) is 11.3 Å². The summed E-state index contributed by atoms with van der Waals surface area (Å²) in [6.45, 7) is 4.88. The van der Waals surface area contributed by atoms with Gasteiger partial charge in [-0.2, -0.15) is 5.10 Å². The molecule has 4 aromatic heterocycles. The Kier molecular flexibility index (Phi) is 4.08. The number of aromatic nitrogens is 5. The average molecular weight is 369 g/mol. The maximum atomic E-state index is 12.0. The molecule has 0 radical (unpaired) electrons. The number of H-pyrrole nitrogens is 2. The van der Waals surface area contributed by atoms with Crippen molar-refractivity contribution in [2.24, 2.45) is 0 Å². The summed E-state index contributed by atoms with van der Waals surface area (Å²) in [5.74, 6) is 1.19. The number of nitrogens with two attached hydrogens (primary N) is 1. The Morgan fingerprint density at radius 2 is 2.19 bits per heavy atom. The van der Waals surface area contributed by atoms with E-state index < -0.39 is 0 Å². The molecule has 4 heterocycles. The van der Waals surface area contributed by atoms with Crippen molar-refractivity contribution < 1.29 is 4.79 Å². The zero-order chi connectivity index (χ0) is 18.3. The van der Waals surface area contributed by atoms with Crippen LogP contribution in [0.5, 0.6) is 0 Å². The van der Waals surface area contributed by atoms with Gasteiger partial charge in [0.15, 0.2) is 5.82 Å². The van der Waals surface area contributed by atoms with Crippen LogP contribution >= 0.6 is 11.3 Å². The van der Waals surface area contributed by atoms with Crippen LogP contribution in [-0.2, 0) is 11.3 Å². The smallest absolute Gasteiger partial charge is 0.222 e. The van der Waals surface area contributed by atoms with E-state index in [2.05, 4.69) is 25.1 Å². The molecule has 0 atom stereocenters. The third kappa shape index (κ3) is 2.70. The minimum atomic E-state index is 0.0989. The van der Waals surface area contributed by atoms with Crippen molar-refractivity contribution in [1.82, 2.24) is 30.0 Å². The fraction of sp³-hybridized carbons (Fsp3) is 0.294. The first-order chi connectivity index (χ1) is 12.6. The van der Waals surface area contributed by atoms with Crippen LogP contribution in [0.4, 0.5) is 5.82 Å². The molecule has 0 fully saturated rings. The van der Waals surface area contributed by atoms with Gasteiger partial charge in [0, 0.05) is 19.2 Å². The van der Waals surface area contributed by atoms with Crippen LogP contribution in [0.25, 0.3) is 31.8 Å². The number of imidazole rings is 1. The largest absolute Gasteiger partial charge is 0.382 e. The van der Waals surface area contributed by atoms with Gasteiger partial charge in [0.2, 0.25) is 5.91 Å². The topological polar surface area (TPSA) is 117 Å². The minimum Gasteiger partial charge on any atom is -0.382 e. The second kappa shape index (κ2) is 6.41. The van der Waals surface area contributed by atoms with Crippen LogP contribution in [0.3, 0.4) is 0 Å². The molecule has 0 aliphatic rings. The Morgan fingerprint density at radius 3 is 2.88 bits per heavy atom. The number of nitrogens with zero attached hydrogens (tertiary/aromatic N) is 4. The fourth-order valence-corrected chi connectivity index (χ4v) is 4.05. The van der Waals surface area contributed by atoms with E-state index in [4.69, 9.17) is 5.73 Å². The second-order valence-corrected chi connectivity index (χ2v) is 7.01. The van der Waals surface area contributed by atoms with E-state index in [0.717, 1.165) is 26.3 Å². The monoisotopic (exact) mass is 369 g/mol. The summed E-state index contributed by atoms with van der Waals surface area (Å²) in [6, 6.07) is 3.90. The van der Waals surface area contributed by atoms with E-state index in [0.29, 0.717) is 36.7 Å². The van der Waals surface area contributed by atoms with E-state index in [-0.39, 0.29) is 5.91 Å². The van der Waals surface area contributed by atoms with Gasteiger partial charge in [-0.05, 0) is 19.1 Å². The number of amides is 1. The number of hydrogen-bond acceptors (Lipinski definition) is 6. The van der Waals surface area contributed by atoms with Gasteiger partial charge in [-0.25, -0.2) is 9.97 Å². The SMILES string of the molecule is CCC(=O)N(CC)Cc1nc2c(N)nc3cc(-c4ccn[nH]4)sc3c2[nH]1. The molecule has 8 nitrogen and oxygen atoms in total. The second-order valence-electron chi connectivity index (χ2n) is 5.96. The molecule has 0 spiro atoms. The van der Waals surface area contributed by atoms with Crippen molar-refractivity contribution >= 4 is 44.3 Å². The summed E-state index contributed by atoms with van der Waals surface area (Å²) in [6.07, 6.45) is 2.19. The zero-order valence-corrected chi connectivity index (χ0v) is 15.4. The molecule has 134 valence electrons. The first-order valence-corrected chi connectivity index (χ1v) is 9.27. The highest BCUT2D eigenvalue weighted by molar-refractivity contribution is 7.23. The predicted octanol–water partition coefficient (Wildman–Crippen LogP) is 2.90. The molecule has 0 saturated carbocycles. The van der Waals surface area contributed by atoms with E-state index in [1.165, 1.54) is 0 Å². The standard InChI is InChI=1S/C17H19N7OS/c1-3-13(25)24(4-2)8-12-21-14-15(22-12)17(18)20-10-7-11(26-16(10)14)9-5-6-19-23-9/h5-7H,3-4,8H2,1-2H3,(H2,18,20)(H,19,23)(H,21,22). The lowest BCUT2D eigenvalue weighted by Gasteiger charge is -2.18. The summed E-state index contributed by atoms with van der Waals surface area (Å²) in [7, 11) is 0. The number of pyridine rings is 1. The molecule has 0 aliphatic carbocycles. The Balaban J connectivity index is 1.80. The first kappa shape index (κ1) is 16.5. The quantitative estimate of drug-likeness (QED) is 0.500. The number of carbonyl (C=O) groups is 1. The predicted molar refractivity (Wildman–Crippen MR) is 103 cm³/mol. The van der Waals surface area contributed by atoms with Crippen molar-refractivity contribution in [1.29, 1.82) is 0 Å². The normalized spacial score (nSPS) is 11.5. The van der Waals surface area contributed by atoms with Crippen LogP contribution in [0.15, 0.2) is 18.3 Å². The number of nitrogen functional groups attached to an aromatic ring is 1. The fourth-order valence-electron chi connectivity index (χ4n) is 2.98. The van der Waals surface area contributed by atoms with E-state index in [1.54, 1.807) is 22.4 Å². The average Bonchev–Trinajstić information content (AvgIpc) is 3.36. The minimum absolute atomic E-state index is 0.0989. The van der Waals surface area contributed by atoms with Crippen molar-refractivity contribution in [2.45, 2.75) is 26.8 Å². The Labute approximate surface area is 153 Å². The van der Waals surface area contributed by atoms with Crippen LogP contribution < -0.4 is 5.73 Å². The zero-order valence-electron chi connectivity index (χ0n) is 14.5. The third-order valence-electron chi connectivity index (χ3n) is 4.32. The van der Waals surface area contributed by atoms with E-state index in [1.807, 2.05) is 26.0 Å². The van der Waals surface area contributed by atoms with Crippen molar-refractivity contribution in [2.75, 3.05) is 12.3 Å². The van der Waals surface area contributed by atoms with Gasteiger partial charge < -0.3 is 15.6 Å². The lowest BCUT2D eigenvalue weighted by molar-refractivity contribution is -0.131. The number of aromatic amines is 2. The van der Waals surface area contributed by atoms with Gasteiger partial charge >= 0.3 is 0 Å². The van der Waals surface area contributed by atoms with Gasteiger partial charge in [0.25, 0.3) is 0 Å².